The Morgan fingerprint density at radius 3 is 2.94 bits per heavy atom. The third-order valence-corrected chi connectivity index (χ3v) is 2.25. The molecule has 0 spiro atoms. The molecular formula is C11H13N3O3. The number of aromatic nitrogens is 3. The molecule has 2 aromatic heterocycles. The van der Waals surface area contributed by atoms with Crippen LogP contribution in [0.4, 0.5) is 0 Å². The van der Waals surface area contributed by atoms with Crippen LogP contribution in [0.3, 0.4) is 0 Å². The average Bonchev–Trinajstić information content (AvgIpc) is 2.68. The Bertz CT molecular complexity index is 562. The summed E-state index contributed by atoms with van der Waals surface area (Å²) in [7, 11) is 1.48. The summed E-state index contributed by atoms with van der Waals surface area (Å²) < 4.78 is 11.6. The highest BCUT2D eigenvalue weighted by molar-refractivity contribution is 5.91. The molecule has 0 amide bonds. The molecule has 17 heavy (non-hydrogen) atoms. The average molecular weight is 235 g/mol. The fraction of sp³-hybridized carbons (Fsp3) is 0.364. The minimum Gasteiger partial charge on any atom is -0.480 e. The SMILES string of the molecule is CCOC(=O)c1cnc2cc(C)nn2c1OC. The van der Waals surface area contributed by atoms with Gasteiger partial charge in [-0.3, -0.25) is 0 Å². The Labute approximate surface area is 98.2 Å². The highest BCUT2D eigenvalue weighted by Crippen LogP contribution is 2.20. The molecule has 0 bridgehead atoms. The van der Waals surface area contributed by atoms with E-state index >= 15 is 0 Å². The molecule has 0 aliphatic heterocycles. The smallest absolute Gasteiger partial charge is 0.345 e. The van der Waals surface area contributed by atoms with Gasteiger partial charge < -0.3 is 9.47 Å². The number of hydrogen-bond donors (Lipinski definition) is 0. The Balaban J connectivity index is 2.60. The molecule has 90 valence electrons. The summed E-state index contributed by atoms with van der Waals surface area (Å²) in [6, 6.07) is 1.80. The Hall–Kier alpha value is -2.11. The van der Waals surface area contributed by atoms with Crippen molar-refractivity contribution in [1.82, 2.24) is 14.6 Å². The molecule has 0 atom stereocenters. The van der Waals surface area contributed by atoms with Crippen LogP contribution in [0.1, 0.15) is 23.0 Å². The van der Waals surface area contributed by atoms with Crippen molar-refractivity contribution in [2.24, 2.45) is 0 Å². The Kier molecular flexibility index (Phi) is 2.95. The molecule has 6 nitrogen and oxygen atoms in total. The van der Waals surface area contributed by atoms with Gasteiger partial charge in [-0.15, -0.1) is 0 Å². The van der Waals surface area contributed by atoms with E-state index in [-0.39, 0.29) is 5.56 Å². The first kappa shape index (κ1) is 11.4. The van der Waals surface area contributed by atoms with Crippen LogP contribution in [0.5, 0.6) is 5.88 Å². The molecule has 0 saturated heterocycles. The van der Waals surface area contributed by atoms with Crippen molar-refractivity contribution in [2.45, 2.75) is 13.8 Å². The third kappa shape index (κ3) is 1.93. The van der Waals surface area contributed by atoms with Crippen LogP contribution in [-0.4, -0.2) is 34.3 Å². The zero-order valence-electron chi connectivity index (χ0n) is 9.93. The topological polar surface area (TPSA) is 65.7 Å². The number of rotatable bonds is 3. The van der Waals surface area contributed by atoms with E-state index in [0.29, 0.717) is 18.1 Å². The molecule has 0 radical (unpaired) electrons. The summed E-state index contributed by atoms with van der Waals surface area (Å²) in [5.74, 6) is -0.131. The highest BCUT2D eigenvalue weighted by atomic mass is 16.5. The number of esters is 1. The quantitative estimate of drug-likeness (QED) is 0.748. The van der Waals surface area contributed by atoms with E-state index in [9.17, 15) is 4.79 Å². The van der Waals surface area contributed by atoms with Crippen LogP contribution in [0.25, 0.3) is 5.65 Å². The number of carbonyl (C=O) groups excluding carboxylic acids is 1. The number of nitrogens with zero attached hydrogens (tertiary/aromatic N) is 3. The van der Waals surface area contributed by atoms with Crippen molar-refractivity contribution >= 4 is 11.6 Å². The van der Waals surface area contributed by atoms with Crippen LogP contribution in [-0.2, 0) is 4.74 Å². The van der Waals surface area contributed by atoms with Crippen LogP contribution in [0.15, 0.2) is 12.3 Å². The molecule has 2 aromatic rings. The van der Waals surface area contributed by atoms with E-state index in [1.165, 1.54) is 17.8 Å². The van der Waals surface area contributed by atoms with E-state index < -0.39 is 5.97 Å². The van der Waals surface area contributed by atoms with Gasteiger partial charge in [-0.1, -0.05) is 0 Å². The lowest BCUT2D eigenvalue weighted by atomic mass is 10.3. The minimum atomic E-state index is -0.466. The van der Waals surface area contributed by atoms with Crippen molar-refractivity contribution in [3.05, 3.63) is 23.5 Å². The Morgan fingerprint density at radius 1 is 1.53 bits per heavy atom. The van der Waals surface area contributed by atoms with Gasteiger partial charge in [0.1, 0.15) is 5.56 Å². The van der Waals surface area contributed by atoms with Crippen molar-refractivity contribution in [1.29, 1.82) is 0 Å². The minimum absolute atomic E-state index is 0.268. The molecule has 0 saturated carbocycles. The number of fused-ring (bicyclic) bond motifs is 1. The molecule has 0 unspecified atom stereocenters. The fourth-order valence-electron chi connectivity index (χ4n) is 1.57. The molecule has 0 N–H and O–H groups in total. The van der Waals surface area contributed by atoms with E-state index in [4.69, 9.17) is 9.47 Å². The van der Waals surface area contributed by atoms with Gasteiger partial charge in [0.25, 0.3) is 0 Å². The lowest BCUT2D eigenvalue weighted by Gasteiger charge is -2.08. The summed E-state index contributed by atoms with van der Waals surface area (Å²) in [6.07, 6.45) is 1.44. The zero-order valence-corrected chi connectivity index (χ0v) is 9.93. The maximum atomic E-state index is 11.7. The molecule has 2 rings (SSSR count). The second kappa shape index (κ2) is 4.40. The highest BCUT2D eigenvalue weighted by Gasteiger charge is 2.18. The maximum Gasteiger partial charge on any atom is 0.345 e. The van der Waals surface area contributed by atoms with Gasteiger partial charge in [-0.05, 0) is 13.8 Å². The largest absolute Gasteiger partial charge is 0.480 e. The molecule has 2 heterocycles. The van der Waals surface area contributed by atoms with Gasteiger partial charge in [-0.25, -0.2) is 9.78 Å². The Morgan fingerprint density at radius 2 is 2.29 bits per heavy atom. The van der Waals surface area contributed by atoms with Crippen molar-refractivity contribution in [3.8, 4) is 5.88 Å². The molecular weight excluding hydrogens is 222 g/mol. The van der Waals surface area contributed by atoms with E-state index in [1.54, 1.807) is 13.0 Å². The van der Waals surface area contributed by atoms with Gasteiger partial charge in [0.2, 0.25) is 5.88 Å². The van der Waals surface area contributed by atoms with E-state index in [1.807, 2.05) is 6.92 Å². The lowest BCUT2D eigenvalue weighted by molar-refractivity contribution is 0.0520. The number of ether oxygens (including phenoxy) is 2. The summed E-state index contributed by atoms with van der Waals surface area (Å²) in [5, 5.41) is 4.21. The van der Waals surface area contributed by atoms with Crippen LogP contribution in [0.2, 0.25) is 0 Å². The maximum absolute atomic E-state index is 11.7. The van der Waals surface area contributed by atoms with Crippen molar-refractivity contribution < 1.29 is 14.3 Å². The second-order valence-electron chi connectivity index (χ2n) is 3.46. The fourth-order valence-corrected chi connectivity index (χ4v) is 1.57. The van der Waals surface area contributed by atoms with Crippen LogP contribution < -0.4 is 4.74 Å². The van der Waals surface area contributed by atoms with E-state index in [2.05, 4.69) is 10.1 Å². The normalized spacial score (nSPS) is 10.5. The second-order valence-corrected chi connectivity index (χ2v) is 3.46. The number of methoxy groups -OCH3 is 1. The van der Waals surface area contributed by atoms with Crippen LogP contribution in [0, 0.1) is 6.92 Å². The third-order valence-electron chi connectivity index (χ3n) is 2.25. The van der Waals surface area contributed by atoms with Gasteiger partial charge in [0, 0.05) is 12.3 Å². The molecule has 0 aliphatic rings. The van der Waals surface area contributed by atoms with Crippen molar-refractivity contribution in [3.63, 3.8) is 0 Å². The molecule has 0 aliphatic carbocycles. The zero-order chi connectivity index (χ0) is 12.4. The first-order valence-corrected chi connectivity index (χ1v) is 5.24. The number of hydrogen-bond acceptors (Lipinski definition) is 5. The van der Waals surface area contributed by atoms with Crippen molar-refractivity contribution in [2.75, 3.05) is 13.7 Å². The monoisotopic (exact) mass is 235 g/mol. The summed E-state index contributed by atoms with van der Waals surface area (Å²) in [5.41, 5.74) is 1.70. The summed E-state index contributed by atoms with van der Waals surface area (Å²) in [4.78, 5) is 15.8. The van der Waals surface area contributed by atoms with Gasteiger partial charge in [0.15, 0.2) is 5.65 Å². The number of aryl methyl sites for hydroxylation is 1. The molecule has 0 aromatic carbocycles. The van der Waals surface area contributed by atoms with Gasteiger partial charge >= 0.3 is 5.97 Å². The first-order valence-electron chi connectivity index (χ1n) is 5.24. The van der Waals surface area contributed by atoms with Gasteiger partial charge in [-0.2, -0.15) is 9.61 Å². The first-order chi connectivity index (χ1) is 8.17. The predicted molar refractivity (Wildman–Crippen MR) is 60.2 cm³/mol. The summed E-state index contributed by atoms with van der Waals surface area (Å²) in [6.45, 7) is 3.89. The van der Waals surface area contributed by atoms with Gasteiger partial charge in [0.05, 0.1) is 19.4 Å². The van der Waals surface area contributed by atoms with E-state index in [0.717, 1.165) is 5.69 Å². The molecule has 0 fully saturated rings. The van der Waals surface area contributed by atoms with Crippen LogP contribution >= 0.6 is 0 Å². The summed E-state index contributed by atoms with van der Waals surface area (Å²) >= 11 is 0. The predicted octanol–water partition coefficient (Wildman–Crippen LogP) is 1.22. The molecule has 6 heteroatoms. The lowest BCUT2D eigenvalue weighted by Crippen LogP contribution is -2.10. The standard InChI is InChI=1S/C11H13N3O3/c1-4-17-11(15)8-6-12-9-5-7(2)13-14(9)10(8)16-3/h5-6H,4H2,1-3H3. The number of carbonyl (C=O) groups is 1.